The molecule has 0 saturated carbocycles. The number of carbonyl (C=O) groups is 1. The number of methoxy groups -OCH3 is 1. The summed E-state index contributed by atoms with van der Waals surface area (Å²) in [6, 6.07) is 20.9. The number of thioether (sulfide) groups is 1. The Labute approximate surface area is 196 Å². The number of aromatic nitrogens is 2. The van der Waals surface area contributed by atoms with Gasteiger partial charge in [-0.05, 0) is 49.2 Å². The van der Waals surface area contributed by atoms with E-state index in [1.807, 2.05) is 74.5 Å². The molecule has 0 bridgehead atoms. The number of amides is 1. The minimum absolute atomic E-state index is 0.107. The lowest BCUT2D eigenvalue weighted by Gasteiger charge is -2.14. The third-order valence-electron chi connectivity index (χ3n) is 5.25. The molecule has 0 aliphatic heterocycles. The Bertz CT molecular complexity index is 1360. The number of anilines is 1. The Morgan fingerprint density at radius 3 is 2.52 bits per heavy atom. The van der Waals surface area contributed by atoms with Crippen LogP contribution < -0.4 is 15.6 Å². The van der Waals surface area contributed by atoms with E-state index in [0.717, 1.165) is 16.7 Å². The fourth-order valence-corrected chi connectivity index (χ4v) is 4.31. The quantitative estimate of drug-likeness (QED) is 0.317. The highest BCUT2D eigenvalue weighted by atomic mass is 32.2. The van der Waals surface area contributed by atoms with E-state index >= 15 is 0 Å². The van der Waals surface area contributed by atoms with Crippen LogP contribution >= 0.6 is 11.8 Å². The van der Waals surface area contributed by atoms with Gasteiger partial charge in [0.15, 0.2) is 5.16 Å². The van der Waals surface area contributed by atoms with Gasteiger partial charge in [0.25, 0.3) is 5.56 Å². The van der Waals surface area contributed by atoms with Crippen molar-refractivity contribution in [1.29, 1.82) is 0 Å². The summed E-state index contributed by atoms with van der Waals surface area (Å²) in [5.74, 6) is 0.503. The van der Waals surface area contributed by atoms with Gasteiger partial charge in [-0.15, -0.1) is 0 Å². The van der Waals surface area contributed by atoms with Crippen LogP contribution in [0.15, 0.2) is 76.7 Å². The molecule has 4 aromatic rings. The fourth-order valence-electron chi connectivity index (χ4n) is 3.51. The molecule has 6 nitrogen and oxygen atoms in total. The predicted molar refractivity (Wildman–Crippen MR) is 133 cm³/mol. The zero-order chi connectivity index (χ0) is 23.4. The summed E-state index contributed by atoms with van der Waals surface area (Å²) >= 11 is 1.24. The van der Waals surface area contributed by atoms with Crippen LogP contribution in [-0.2, 0) is 11.3 Å². The van der Waals surface area contributed by atoms with E-state index in [2.05, 4.69) is 5.32 Å². The number of carbonyl (C=O) groups excluding carboxylic acids is 1. The number of aryl methyl sites for hydroxylation is 2. The summed E-state index contributed by atoms with van der Waals surface area (Å²) < 4.78 is 6.98. The summed E-state index contributed by atoms with van der Waals surface area (Å²) in [6.07, 6.45) is 0. The Morgan fingerprint density at radius 2 is 1.76 bits per heavy atom. The van der Waals surface area contributed by atoms with Crippen LogP contribution in [0, 0.1) is 13.8 Å². The first-order valence-electron chi connectivity index (χ1n) is 10.6. The second-order valence-corrected chi connectivity index (χ2v) is 8.77. The van der Waals surface area contributed by atoms with Crippen LogP contribution in [0.25, 0.3) is 10.9 Å². The molecule has 1 heterocycles. The van der Waals surface area contributed by atoms with E-state index in [9.17, 15) is 9.59 Å². The Kier molecular flexibility index (Phi) is 6.79. The van der Waals surface area contributed by atoms with Crippen molar-refractivity contribution in [1.82, 2.24) is 9.55 Å². The van der Waals surface area contributed by atoms with Crippen molar-refractivity contribution in [3.8, 4) is 5.75 Å². The van der Waals surface area contributed by atoms with Gasteiger partial charge in [0.2, 0.25) is 5.91 Å². The molecular formula is C26H25N3O3S. The van der Waals surface area contributed by atoms with Gasteiger partial charge in [-0.1, -0.05) is 59.8 Å². The van der Waals surface area contributed by atoms with Crippen LogP contribution in [0.1, 0.15) is 16.7 Å². The molecule has 7 heteroatoms. The highest BCUT2D eigenvalue weighted by molar-refractivity contribution is 7.99. The van der Waals surface area contributed by atoms with Crippen molar-refractivity contribution in [3.63, 3.8) is 0 Å². The molecule has 1 amide bonds. The van der Waals surface area contributed by atoms with Crippen molar-refractivity contribution >= 4 is 34.3 Å². The van der Waals surface area contributed by atoms with Crippen LogP contribution in [0.4, 0.5) is 5.69 Å². The standard InChI is InChI=1S/C26H25N3O3S/c1-17-8-11-19(12-9-17)15-29-25(31)20-6-4-5-7-21(20)28-26(29)33-16-24(30)27-22-14-18(2)10-13-23(22)32-3/h4-14H,15-16H2,1-3H3,(H,27,30). The zero-order valence-corrected chi connectivity index (χ0v) is 19.6. The largest absolute Gasteiger partial charge is 0.495 e. The van der Waals surface area contributed by atoms with Crippen molar-refractivity contribution in [3.05, 3.63) is 93.8 Å². The number of hydrogen-bond donors (Lipinski definition) is 1. The summed E-state index contributed by atoms with van der Waals surface area (Å²) in [5.41, 5.74) is 4.28. The first-order valence-corrected chi connectivity index (χ1v) is 11.6. The second kappa shape index (κ2) is 9.92. The van der Waals surface area contributed by atoms with E-state index in [1.165, 1.54) is 11.8 Å². The van der Waals surface area contributed by atoms with Crippen LogP contribution in [0.2, 0.25) is 0 Å². The molecule has 1 N–H and O–H groups in total. The minimum Gasteiger partial charge on any atom is -0.495 e. The van der Waals surface area contributed by atoms with Crippen molar-refractivity contribution in [2.75, 3.05) is 18.2 Å². The van der Waals surface area contributed by atoms with Gasteiger partial charge in [-0.25, -0.2) is 4.98 Å². The van der Waals surface area contributed by atoms with E-state index < -0.39 is 0 Å². The van der Waals surface area contributed by atoms with Crippen molar-refractivity contribution in [2.45, 2.75) is 25.5 Å². The van der Waals surface area contributed by atoms with Gasteiger partial charge in [-0.2, -0.15) is 0 Å². The molecule has 0 aliphatic rings. The normalized spacial score (nSPS) is 10.9. The smallest absolute Gasteiger partial charge is 0.262 e. The highest BCUT2D eigenvalue weighted by Gasteiger charge is 2.15. The van der Waals surface area contributed by atoms with Crippen LogP contribution in [0.3, 0.4) is 0 Å². The summed E-state index contributed by atoms with van der Waals surface area (Å²) in [5, 5.41) is 3.96. The monoisotopic (exact) mass is 459 g/mol. The molecule has 0 atom stereocenters. The number of nitrogens with zero attached hydrogens (tertiary/aromatic N) is 2. The zero-order valence-electron chi connectivity index (χ0n) is 18.8. The summed E-state index contributed by atoms with van der Waals surface area (Å²) in [7, 11) is 1.57. The summed E-state index contributed by atoms with van der Waals surface area (Å²) in [6.45, 7) is 4.36. The summed E-state index contributed by atoms with van der Waals surface area (Å²) in [4.78, 5) is 30.7. The first kappa shape index (κ1) is 22.6. The molecule has 3 aromatic carbocycles. The second-order valence-electron chi connectivity index (χ2n) is 7.83. The van der Waals surface area contributed by atoms with Crippen LogP contribution in [0.5, 0.6) is 5.75 Å². The Hall–Kier alpha value is -3.58. The molecule has 168 valence electrons. The molecule has 33 heavy (non-hydrogen) atoms. The van der Waals surface area contributed by atoms with Gasteiger partial charge < -0.3 is 10.1 Å². The molecule has 0 saturated heterocycles. The third-order valence-corrected chi connectivity index (χ3v) is 6.23. The average molecular weight is 460 g/mol. The number of hydrogen-bond acceptors (Lipinski definition) is 5. The number of ether oxygens (including phenoxy) is 1. The number of nitrogens with one attached hydrogen (secondary N) is 1. The van der Waals surface area contributed by atoms with Crippen molar-refractivity contribution < 1.29 is 9.53 Å². The SMILES string of the molecule is COc1ccc(C)cc1NC(=O)CSc1nc2ccccc2c(=O)n1Cc1ccc(C)cc1. The molecule has 1 aromatic heterocycles. The van der Waals surface area contributed by atoms with E-state index in [1.54, 1.807) is 17.7 Å². The Balaban J connectivity index is 1.61. The van der Waals surface area contributed by atoms with E-state index in [-0.39, 0.29) is 17.2 Å². The van der Waals surface area contributed by atoms with Gasteiger partial charge in [0, 0.05) is 0 Å². The molecule has 0 spiro atoms. The van der Waals surface area contributed by atoms with Crippen molar-refractivity contribution in [2.24, 2.45) is 0 Å². The fraction of sp³-hybridized carbons (Fsp3) is 0.192. The highest BCUT2D eigenvalue weighted by Crippen LogP contribution is 2.26. The van der Waals surface area contributed by atoms with Gasteiger partial charge >= 0.3 is 0 Å². The van der Waals surface area contributed by atoms with Gasteiger partial charge in [-0.3, -0.25) is 14.2 Å². The maximum absolute atomic E-state index is 13.3. The maximum Gasteiger partial charge on any atom is 0.262 e. The molecule has 0 unspecified atom stereocenters. The number of benzene rings is 3. The van der Waals surface area contributed by atoms with E-state index in [4.69, 9.17) is 9.72 Å². The third kappa shape index (κ3) is 5.26. The topological polar surface area (TPSA) is 73.2 Å². The lowest BCUT2D eigenvalue weighted by Crippen LogP contribution is -2.25. The lowest BCUT2D eigenvalue weighted by molar-refractivity contribution is -0.113. The van der Waals surface area contributed by atoms with Crippen LogP contribution in [-0.4, -0.2) is 28.3 Å². The maximum atomic E-state index is 13.3. The van der Waals surface area contributed by atoms with E-state index in [0.29, 0.717) is 34.0 Å². The minimum atomic E-state index is -0.201. The molecule has 0 fully saturated rings. The average Bonchev–Trinajstić information content (AvgIpc) is 2.81. The molecule has 4 rings (SSSR count). The number of fused-ring (bicyclic) bond motifs is 1. The van der Waals surface area contributed by atoms with Gasteiger partial charge in [0.1, 0.15) is 5.75 Å². The lowest BCUT2D eigenvalue weighted by atomic mass is 10.1. The molecule has 0 radical (unpaired) electrons. The predicted octanol–water partition coefficient (Wildman–Crippen LogP) is 4.80. The van der Waals surface area contributed by atoms with Gasteiger partial charge in [0.05, 0.1) is 36.0 Å². The first-order chi connectivity index (χ1) is 15.9. The number of rotatable bonds is 7. The number of para-hydroxylation sites is 1. The molecular weight excluding hydrogens is 434 g/mol. The molecule has 0 aliphatic carbocycles. The Morgan fingerprint density at radius 1 is 1.03 bits per heavy atom.